The molecule has 0 spiro atoms. The quantitative estimate of drug-likeness (QED) is 0.655. The Morgan fingerprint density at radius 2 is 1.76 bits per heavy atom. The van der Waals surface area contributed by atoms with Crippen molar-refractivity contribution in [3.05, 3.63) is 53.6 Å². The molecule has 1 saturated heterocycles. The lowest BCUT2D eigenvalue weighted by Gasteiger charge is -2.25. The first-order valence-corrected chi connectivity index (χ1v) is 9.19. The van der Waals surface area contributed by atoms with E-state index in [9.17, 15) is 0 Å². The van der Waals surface area contributed by atoms with Gasteiger partial charge in [-0.05, 0) is 35.4 Å². The largest absolute Gasteiger partial charge is 0.497 e. The van der Waals surface area contributed by atoms with Crippen molar-refractivity contribution in [1.29, 1.82) is 0 Å². The van der Waals surface area contributed by atoms with Crippen molar-refractivity contribution in [2.75, 3.05) is 38.3 Å². The van der Waals surface area contributed by atoms with Gasteiger partial charge >= 0.3 is 0 Å². The van der Waals surface area contributed by atoms with Crippen LogP contribution >= 0.6 is 11.3 Å². The van der Waals surface area contributed by atoms with Gasteiger partial charge in [-0.1, -0.05) is 41.7 Å². The maximum atomic E-state index is 5.42. The van der Waals surface area contributed by atoms with Crippen molar-refractivity contribution in [1.82, 2.24) is 4.98 Å². The minimum atomic E-state index is 0.784. The Hall–Kier alpha value is -2.37. The number of anilines is 1. The van der Waals surface area contributed by atoms with Gasteiger partial charge in [0.2, 0.25) is 0 Å². The summed E-state index contributed by atoms with van der Waals surface area (Å²) in [5.74, 6) is 0.874. The number of thiazole rings is 1. The molecule has 3 aromatic rings. The zero-order valence-corrected chi connectivity index (χ0v) is 15.0. The Kier molecular flexibility index (Phi) is 4.68. The van der Waals surface area contributed by atoms with Crippen molar-refractivity contribution < 1.29 is 9.47 Å². The number of ether oxygens (including phenoxy) is 2. The summed E-state index contributed by atoms with van der Waals surface area (Å²) < 4.78 is 11.8. The maximum absolute atomic E-state index is 5.42. The van der Waals surface area contributed by atoms with Gasteiger partial charge in [0.05, 0.1) is 30.5 Å². The predicted molar refractivity (Wildman–Crippen MR) is 105 cm³/mol. The highest BCUT2D eigenvalue weighted by molar-refractivity contribution is 7.22. The van der Waals surface area contributed by atoms with E-state index in [0.717, 1.165) is 48.3 Å². The number of morpholine rings is 1. The molecule has 0 unspecified atom stereocenters. The molecule has 0 N–H and O–H groups in total. The van der Waals surface area contributed by atoms with Crippen LogP contribution in [0.15, 0.2) is 42.5 Å². The molecule has 4 rings (SSSR count). The summed E-state index contributed by atoms with van der Waals surface area (Å²) in [5, 5.41) is 1.09. The Morgan fingerprint density at radius 1 is 1.04 bits per heavy atom. The van der Waals surface area contributed by atoms with Crippen LogP contribution in [0.2, 0.25) is 0 Å². The smallest absolute Gasteiger partial charge is 0.186 e. The molecule has 25 heavy (non-hydrogen) atoms. The molecule has 0 radical (unpaired) electrons. The second-order valence-electron chi connectivity index (χ2n) is 5.93. The summed E-state index contributed by atoms with van der Waals surface area (Å²) >= 11 is 1.75. The third-order valence-electron chi connectivity index (χ3n) is 4.27. The molecule has 1 aromatic heterocycles. The Balaban J connectivity index is 1.54. The van der Waals surface area contributed by atoms with E-state index in [1.165, 1.54) is 10.3 Å². The van der Waals surface area contributed by atoms with E-state index in [4.69, 9.17) is 14.5 Å². The van der Waals surface area contributed by atoms with Gasteiger partial charge in [0.1, 0.15) is 5.75 Å². The minimum absolute atomic E-state index is 0.784. The van der Waals surface area contributed by atoms with Crippen molar-refractivity contribution in [3.8, 4) is 5.75 Å². The molecule has 2 aromatic carbocycles. The van der Waals surface area contributed by atoms with Gasteiger partial charge in [0.15, 0.2) is 5.13 Å². The van der Waals surface area contributed by atoms with Crippen LogP contribution < -0.4 is 9.64 Å². The van der Waals surface area contributed by atoms with Gasteiger partial charge in [0.25, 0.3) is 0 Å². The summed E-state index contributed by atoms with van der Waals surface area (Å²) in [7, 11) is 1.68. The number of benzene rings is 2. The third kappa shape index (κ3) is 3.67. The Bertz CT molecular complexity index is 880. The van der Waals surface area contributed by atoms with E-state index in [1.54, 1.807) is 18.4 Å². The zero-order valence-electron chi connectivity index (χ0n) is 14.1. The van der Waals surface area contributed by atoms with Crippen LogP contribution in [-0.2, 0) is 4.74 Å². The maximum Gasteiger partial charge on any atom is 0.186 e. The molecule has 5 heteroatoms. The second-order valence-corrected chi connectivity index (χ2v) is 6.94. The van der Waals surface area contributed by atoms with E-state index in [0.29, 0.717) is 0 Å². The molecule has 0 atom stereocenters. The molecular formula is C20H20N2O2S. The van der Waals surface area contributed by atoms with Gasteiger partial charge in [-0.15, -0.1) is 0 Å². The van der Waals surface area contributed by atoms with Crippen molar-refractivity contribution in [2.24, 2.45) is 0 Å². The molecule has 0 aliphatic carbocycles. The molecule has 128 valence electrons. The fourth-order valence-corrected chi connectivity index (χ4v) is 3.90. The number of hydrogen-bond donors (Lipinski definition) is 0. The van der Waals surface area contributed by atoms with Crippen molar-refractivity contribution in [3.63, 3.8) is 0 Å². The molecule has 0 amide bonds. The number of nitrogens with zero attached hydrogens (tertiary/aromatic N) is 2. The fourth-order valence-electron chi connectivity index (χ4n) is 2.83. The van der Waals surface area contributed by atoms with Crippen LogP contribution in [-0.4, -0.2) is 38.4 Å². The van der Waals surface area contributed by atoms with Gasteiger partial charge in [0, 0.05) is 13.1 Å². The molecule has 1 fully saturated rings. The van der Waals surface area contributed by atoms with Gasteiger partial charge in [-0.2, -0.15) is 0 Å². The molecule has 1 aliphatic heterocycles. The lowest BCUT2D eigenvalue weighted by atomic mass is 10.1. The minimum Gasteiger partial charge on any atom is -0.497 e. The average Bonchev–Trinajstić information content (AvgIpc) is 3.11. The second kappa shape index (κ2) is 7.25. The highest BCUT2D eigenvalue weighted by atomic mass is 32.1. The fraction of sp³-hybridized carbons (Fsp3) is 0.250. The molecule has 4 nitrogen and oxygen atoms in total. The highest BCUT2D eigenvalue weighted by Crippen LogP contribution is 2.30. The molecule has 2 heterocycles. The monoisotopic (exact) mass is 352 g/mol. The first-order chi connectivity index (χ1) is 12.3. The van der Waals surface area contributed by atoms with E-state index >= 15 is 0 Å². The normalized spacial score (nSPS) is 15.2. The lowest BCUT2D eigenvalue weighted by molar-refractivity contribution is 0.122. The number of aromatic nitrogens is 1. The molecular weight excluding hydrogens is 332 g/mol. The van der Waals surface area contributed by atoms with Crippen LogP contribution in [0.5, 0.6) is 5.75 Å². The number of rotatable bonds is 4. The van der Waals surface area contributed by atoms with Crippen molar-refractivity contribution >= 4 is 38.8 Å². The van der Waals surface area contributed by atoms with Crippen LogP contribution in [0.4, 0.5) is 5.13 Å². The van der Waals surface area contributed by atoms with E-state index in [1.807, 2.05) is 12.1 Å². The van der Waals surface area contributed by atoms with Gasteiger partial charge < -0.3 is 14.4 Å². The predicted octanol–water partition coefficient (Wildman–Crippen LogP) is 4.31. The molecule has 0 saturated carbocycles. The van der Waals surface area contributed by atoms with Crippen LogP contribution in [0.25, 0.3) is 22.4 Å². The lowest BCUT2D eigenvalue weighted by Crippen LogP contribution is -2.36. The topological polar surface area (TPSA) is 34.6 Å². The van der Waals surface area contributed by atoms with Crippen LogP contribution in [0, 0.1) is 0 Å². The van der Waals surface area contributed by atoms with Crippen LogP contribution in [0.1, 0.15) is 11.1 Å². The van der Waals surface area contributed by atoms with Crippen LogP contribution in [0.3, 0.4) is 0 Å². The standard InChI is InChI=1S/C20H20N2O2S/c1-23-17-7-4-15(5-8-17)2-3-16-6-9-18-19(14-16)25-20(21-18)22-10-12-24-13-11-22/h2-9,14H,10-13H2,1H3. The number of fused-ring (bicyclic) bond motifs is 1. The summed E-state index contributed by atoms with van der Waals surface area (Å²) in [5.41, 5.74) is 3.40. The SMILES string of the molecule is COc1ccc(C=Cc2ccc3nc(N4CCOCC4)sc3c2)cc1. The molecule has 0 bridgehead atoms. The van der Waals surface area contributed by atoms with E-state index in [-0.39, 0.29) is 0 Å². The summed E-state index contributed by atoms with van der Waals surface area (Å²) in [6.45, 7) is 3.41. The first kappa shape index (κ1) is 16.1. The molecule has 1 aliphatic rings. The zero-order chi connectivity index (χ0) is 17.1. The van der Waals surface area contributed by atoms with Gasteiger partial charge in [-0.3, -0.25) is 0 Å². The van der Waals surface area contributed by atoms with Crippen molar-refractivity contribution in [2.45, 2.75) is 0 Å². The average molecular weight is 352 g/mol. The summed E-state index contributed by atoms with van der Waals surface area (Å²) in [4.78, 5) is 7.07. The Morgan fingerprint density at radius 3 is 2.52 bits per heavy atom. The summed E-state index contributed by atoms with van der Waals surface area (Å²) in [6.07, 6.45) is 4.25. The Labute approximate surface area is 151 Å². The first-order valence-electron chi connectivity index (χ1n) is 8.37. The summed E-state index contributed by atoms with van der Waals surface area (Å²) in [6, 6.07) is 14.5. The van der Waals surface area contributed by atoms with E-state index < -0.39 is 0 Å². The number of hydrogen-bond acceptors (Lipinski definition) is 5. The highest BCUT2D eigenvalue weighted by Gasteiger charge is 2.15. The number of methoxy groups -OCH3 is 1. The third-order valence-corrected chi connectivity index (χ3v) is 5.35. The van der Waals surface area contributed by atoms with Gasteiger partial charge in [-0.25, -0.2) is 4.98 Å². The van der Waals surface area contributed by atoms with E-state index in [2.05, 4.69) is 47.4 Å².